The summed E-state index contributed by atoms with van der Waals surface area (Å²) < 4.78 is 40.9. The van der Waals surface area contributed by atoms with Gasteiger partial charge in [-0.25, -0.2) is 0 Å². The molecular formula is C10H20F3NO2. The van der Waals surface area contributed by atoms with Crippen molar-refractivity contribution in [2.45, 2.75) is 44.5 Å². The zero-order chi connectivity index (χ0) is 12.6. The molecule has 0 spiro atoms. The molecule has 0 aliphatic rings. The molecule has 0 saturated carbocycles. The van der Waals surface area contributed by atoms with Crippen molar-refractivity contribution in [3.05, 3.63) is 0 Å². The molecule has 2 N–H and O–H groups in total. The predicted octanol–water partition coefficient (Wildman–Crippen LogP) is 1.70. The molecule has 0 aliphatic heterocycles. The molecule has 98 valence electrons. The van der Waals surface area contributed by atoms with E-state index >= 15 is 0 Å². The standard InChI is InChI=1S/C10H20F3NO2/c1-3-4-5-8(7-16-2)14-6-9(15)10(11,12)13/h8-9,14-15H,3-7H2,1-2H3. The number of alkyl halides is 3. The van der Waals surface area contributed by atoms with Gasteiger partial charge in [0, 0.05) is 19.7 Å². The Hall–Kier alpha value is -0.330. The van der Waals surface area contributed by atoms with Gasteiger partial charge in [-0.2, -0.15) is 13.2 Å². The fourth-order valence-corrected chi connectivity index (χ4v) is 1.29. The average Bonchev–Trinajstić information content (AvgIpc) is 2.20. The van der Waals surface area contributed by atoms with E-state index in [-0.39, 0.29) is 6.04 Å². The zero-order valence-electron chi connectivity index (χ0n) is 9.68. The van der Waals surface area contributed by atoms with Crippen molar-refractivity contribution in [1.82, 2.24) is 5.32 Å². The largest absolute Gasteiger partial charge is 0.415 e. The monoisotopic (exact) mass is 243 g/mol. The number of rotatable bonds is 8. The SMILES string of the molecule is CCCCC(COC)NCC(O)C(F)(F)F. The van der Waals surface area contributed by atoms with E-state index in [1.54, 1.807) is 0 Å². The first-order valence-electron chi connectivity index (χ1n) is 5.38. The maximum atomic E-state index is 12.0. The second-order valence-corrected chi connectivity index (χ2v) is 3.76. The first-order chi connectivity index (χ1) is 7.41. The fraction of sp³-hybridized carbons (Fsp3) is 1.00. The summed E-state index contributed by atoms with van der Waals surface area (Å²) in [7, 11) is 1.50. The Morgan fingerprint density at radius 1 is 1.38 bits per heavy atom. The molecule has 6 heteroatoms. The van der Waals surface area contributed by atoms with Gasteiger partial charge in [0.25, 0.3) is 0 Å². The van der Waals surface area contributed by atoms with Gasteiger partial charge < -0.3 is 15.2 Å². The first-order valence-corrected chi connectivity index (χ1v) is 5.38. The third kappa shape index (κ3) is 7.03. The molecule has 0 aromatic carbocycles. The van der Waals surface area contributed by atoms with E-state index in [9.17, 15) is 13.2 Å². The van der Waals surface area contributed by atoms with Crippen LogP contribution in [0.15, 0.2) is 0 Å². The molecule has 3 nitrogen and oxygen atoms in total. The lowest BCUT2D eigenvalue weighted by Crippen LogP contribution is -2.44. The van der Waals surface area contributed by atoms with Crippen LogP contribution in [0.2, 0.25) is 0 Å². The van der Waals surface area contributed by atoms with Crippen molar-refractivity contribution < 1.29 is 23.0 Å². The van der Waals surface area contributed by atoms with E-state index in [1.807, 2.05) is 6.92 Å². The van der Waals surface area contributed by atoms with Crippen molar-refractivity contribution in [2.75, 3.05) is 20.3 Å². The van der Waals surface area contributed by atoms with Gasteiger partial charge in [0.15, 0.2) is 6.10 Å². The molecule has 0 aliphatic carbocycles. The molecule has 0 fully saturated rings. The molecule has 0 bridgehead atoms. The van der Waals surface area contributed by atoms with Crippen LogP contribution in [0.1, 0.15) is 26.2 Å². The average molecular weight is 243 g/mol. The number of aliphatic hydroxyl groups is 1. The Morgan fingerprint density at radius 2 is 2.00 bits per heavy atom. The smallest absolute Gasteiger partial charge is 0.383 e. The van der Waals surface area contributed by atoms with Crippen LogP contribution in [0.3, 0.4) is 0 Å². The molecule has 2 unspecified atom stereocenters. The maximum Gasteiger partial charge on any atom is 0.415 e. The van der Waals surface area contributed by atoms with Gasteiger partial charge in [0.05, 0.1) is 6.61 Å². The van der Waals surface area contributed by atoms with Crippen LogP contribution in [-0.4, -0.2) is 43.7 Å². The second-order valence-electron chi connectivity index (χ2n) is 3.76. The van der Waals surface area contributed by atoms with Gasteiger partial charge in [-0.05, 0) is 6.42 Å². The third-order valence-electron chi connectivity index (χ3n) is 2.25. The summed E-state index contributed by atoms with van der Waals surface area (Å²) in [6.45, 7) is 1.88. The summed E-state index contributed by atoms with van der Waals surface area (Å²) in [6, 6.07) is -0.137. The molecule has 0 amide bonds. The number of unbranched alkanes of at least 4 members (excludes halogenated alkanes) is 1. The van der Waals surface area contributed by atoms with Gasteiger partial charge >= 0.3 is 6.18 Å². The minimum absolute atomic E-state index is 0.137. The fourth-order valence-electron chi connectivity index (χ4n) is 1.29. The van der Waals surface area contributed by atoms with Gasteiger partial charge in [-0.1, -0.05) is 19.8 Å². The summed E-state index contributed by atoms with van der Waals surface area (Å²) in [5.74, 6) is 0. The molecular weight excluding hydrogens is 223 g/mol. The quantitative estimate of drug-likeness (QED) is 0.682. The van der Waals surface area contributed by atoms with Crippen molar-refractivity contribution in [2.24, 2.45) is 0 Å². The summed E-state index contributed by atoms with van der Waals surface area (Å²) >= 11 is 0. The van der Waals surface area contributed by atoms with Crippen molar-refractivity contribution in [3.63, 3.8) is 0 Å². The first kappa shape index (κ1) is 15.7. The topological polar surface area (TPSA) is 41.5 Å². The van der Waals surface area contributed by atoms with E-state index in [1.165, 1.54) is 7.11 Å². The van der Waals surface area contributed by atoms with Crippen LogP contribution in [-0.2, 0) is 4.74 Å². The van der Waals surface area contributed by atoms with Crippen molar-refractivity contribution in [3.8, 4) is 0 Å². The number of ether oxygens (including phenoxy) is 1. The molecule has 0 aromatic rings. The normalized spacial score (nSPS) is 16.1. The molecule has 0 radical (unpaired) electrons. The summed E-state index contributed by atoms with van der Waals surface area (Å²) in [5.41, 5.74) is 0. The Balaban J connectivity index is 3.91. The highest BCUT2D eigenvalue weighted by atomic mass is 19.4. The van der Waals surface area contributed by atoms with Gasteiger partial charge in [0.1, 0.15) is 0 Å². The molecule has 0 aromatic heterocycles. The van der Waals surface area contributed by atoms with Crippen LogP contribution < -0.4 is 5.32 Å². The summed E-state index contributed by atoms with van der Waals surface area (Å²) in [4.78, 5) is 0. The lowest BCUT2D eigenvalue weighted by molar-refractivity contribution is -0.202. The van der Waals surface area contributed by atoms with Gasteiger partial charge in [0.2, 0.25) is 0 Å². The number of nitrogens with one attached hydrogen (secondary N) is 1. The van der Waals surface area contributed by atoms with Crippen LogP contribution in [0.25, 0.3) is 0 Å². The Morgan fingerprint density at radius 3 is 2.44 bits per heavy atom. The number of hydrogen-bond acceptors (Lipinski definition) is 3. The number of halogens is 3. The highest BCUT2D eigenvalue weighted by molar-refractivity contribution is 4.73. The van der Waals surface area contributed by atoms with Crippen LogP contribution in [0.5, 0.6) is 0 Å². The van der Waals surface area contributed by atoms with E-state index in [2.05, 4.69) is 5.32 Å². The molecule has 16 heavy (non-hydrogen) atoms. The molecule has 2 atom stereocenters. The maximum absolute atomic E-state index is 12.0. The zero-order valence-corrected chi connectivity index (χ0v) is 9.68. The summed E-state index contributed by atoms with van der Waals surface area (Å²) in [5, 5.41) is 11.5. The Kier molecular flexibility index (Phi) is 7.70. The molecule has 0 heterocycles. The second kappa shape index (κ2) is 7.86. The highest BCUT2D eigenvalue weighted by Gasteiger charge is 2.38. The lowest BCUT2D eigenvalue weighted by atomic mass is 10.1. The molecule has 0 rings (SSSR count). The Bertz CT molecular complexity index is 176. The van der Waals surface area contributed by atoms with E-state index < -0.39 is 18.8 Å². The third-order valence-corrected chi connectivity index (χ3v) is 2.25. The number of hydrogen-bond donors (Lipinski definition) is 2. The lowest BCUT2D eigenvalue weighted by Gasteiger charge is -2.21. The van der Waals surface area contributed by atoms with Crippen LogP contribution in [0.4, 0.5) is 13.2 Å². The van der Waals surface area contributed by atoms with Crippen molar-refractivity contribution >= 4 is 0 Å². The number of aliphatic hydroxyl groups excluding tert-OH is 1. The molecule has 0 saturated heterocycles. The summed E-state index contributed by atoms with van der Waals surface area (Å²) in [6.07, 6.45) is -4.23. The van der Waals surface area contributed by atoms with Crippen molar-refractivity contribution in [1.29, 1.82) is 0 Å². The van der Waals surface area contributed by atoms with E-state index in [4.69, 9.17) is 9.84 Å². The van der Waals surface area contributed by atoms with Gasteiger partial charge in [-0.15, -0.1) is 0 Å². The van der Waals surface area contributed by atoms with Gasteiger partial charge in [-0.3, -0.25) is 0 Å². The van der Waals surface area contributed by atoms with E-state index in [0.717, 1.165) is 19.3 Å². The van der Waals surface area contributed by atoms with E-state index in [0.29, 0.717) is 6.61 Å². The Labute approximate surface area is 94.0 Å². The number of methoxy groups -OCH3 is 1. The highest BCUT2D eigenvalue weighted by Crippen LogP contribution is 2.19. The predicted molar refractivity (Wildman–Crippen MR) is 55.3 cm³/mol. The minimum atomic E-state index is -4.56. The van der Waals surface area contributed by atoms with Crippen LogP contribution in [0, 0.1) is 0 Å². The van der Waals surface area contributed by atoms with Crippen LogP contribution >= 0.6 is 0 Å². The minimum Gasteiger partial charge on any atom is -0.383 e.